The van der Waals surface area contributed by atoms with Gasteiger partial charge in [0, 0.05) is 20.5 Å². The standard InChI is InChI=1S/C12H12BrClINO2/c13-8-1-2-11(15)10(5-8)12(17)16-3-4-18-7-9(16)6-14/h1-2,5,9H,3-4,6-7H2. The predicted molar refractivity (Wildman–Crippen MR) is 83.2 cm³/mol. The van der Waals surface area contributed by atoms with Gasteiger partial charge in [0.15, 0.2) is 0 Å². The molecule has 6 heteroatoms. The number of alkyl halides is 1. The minimum absolute atomic E-state index is 0.0228. The lowest BCUT2D eigenvalue weighted by atomic mass is 10.1. The van der Waals surface area contributed by atoms with E-state index in [1.54, 1.807) is 4.90 Å². The summed E-state index contributed by atoms with van der Waals surface area (Å²) in [6, 6.07) is 5.66. The molecule has 98 valence electrons. The molecule has 1 aromatic rings. The monoisotopic (exact) mass is 443 g/mol. The molecule has 0 radical (unpaired) electrons. The highest BCUT2D eigenvalue weighted by Gasteiger charge is 2.28. The Balaban J connectivity index is 2.26. The van der Waals surface area contributed by atoms with E-state index in [9.17, 15) is 4.79 Å². The van der Waals surface area contributed by atoms with E-state index in [1.165, 1.54) is 0 Å². The van der Waals surface area contributed by atoms with Crippen molar-refractivity contribution in [2.75, 3.05) is 25.6 Å². The number of nitrogens with zero attached hydrogens (tertiary/aromatic N) is 1. The summed E-state index contributed by atoms with van der Waals surface area (Å²) in [6.07, 6.45) is 0. The summed E-state index contributed by atoms with van der Waals surface area (Å²) in [5, 5.41) is 0. The average Bonchev–Trinajstić information content (AvgIpc) is 2.40. The van der Waals surface area contributed by atoms with Gasteiger partial charge in [0.05, 0.1) is 24.8 Å². The van der Waals surface area contributed by atoms with Crippen LogP contribution >= 0.6 is 50.1 Å². The van der Waals surface area contributed by atoms with Crippen LogP contribution in [0.2, 0.25) is 0 Å². The third-order valence-corrected chi connectivity index (χ3v) is 4.62. The van der Waals surface area contributed by atoms with Crippen LogP contribution < -0.4 is 0 Å². The van der Waals surface area contributed by atoms with Gasteiger partial charge in [0.25, 0.3) is 5.91 Å². The van der Waals surface area contributed by atoms with Crippen molar-refractivity contribution in [2.45, 2.75) is 6.04 Å². The Labute approximate surface area is 133 Å². The summed E-state index contributed by atoms with van der Waals surface area (Å²) in [6.45, 7) is 1.68. The van der Waals surface area contributed by atoms with Crippen LogP contribution in [0.3, 0.4) is 0 Å². The fraction of sp³-hybridized carbons (Fsp3) is 0.417. The number of hydrogen-bond donors (Lipinski definition) is 0. The maximum Gasteiger partial charge on any atom is 0.255 e. The van der Waals surface area contributed by atoms with E-state index in [0.717, 1.165) is 8.04 Å². The molecule has 0 aliphatic carbocycles. The molecular weight excluding hydrogens is 432 g/mol. The minimum Gasteiger partial charge on any atom is -0.377 e. The zero-order valence-electron chi connectivity index (χ0n) is 9.54. The predicted octanol–water partition coefficient (Wildman–Crippen LogP) is 3.13. The first-order chi connectivity index (χ1) is 8.63. The highest BCUT2D eigenvalue weighted by atomic mass is 127. The highest BCUT2D eigenvalue weighted by molar-refractivity contribution is 14.1. The van der Waals surface area contributed by atoms with Gasteiger partial charge >= 0.3 is 0 Å². The van der Waals surface area contributed by atoms with Crippen LogP contribution in [0, 0.1) is 3.57 Å². The van der Waals surface area contributed by atoms with Crippen molar-refractivity contribution >= 4 is 56.0 Å². The normalized spacial score (nSPS) is 19.9. The molecule has 0 spiro atoms. The number of morpholine rings is 1. The Morgan fingerprint density at radius 3 is 3.11 bits per heavy atom. The maximum atomic E-state index is 12.5. The van der Waals surface area contributed by atoms with Crippen LogP contribution in [0.5, 0.6) is 0 Å². The lowest BCUT2D eigenvalue weighted by Crippen LogP contribution is -2.49. The van der Waals surface area contributed by atoms with Crippen LogP contribution in [0.25, 0.3) is 0 Å². The van der Waals surface area contributed by atoms with Crippen LogP contribution in [0.4, 0.5) is 0 Å². The number of amides is 1. The number of carbonyl (C=O) groups is 1. The second-order valence-corrected chi connectivity index (χ2v) is 6.39. The van der Waals surface area contributed by atoms with Crippen molar-refractivity contribution in [2.24, 2.45) is 0 Å². The lowest BCUT2D eigenvalue weighted by molar-refractivity contribution is 0.00450. The van der Waals surface area contributed by atoms with Crippen molar-refractivity contribution in [1.82, 2.24) is 4.90 Å². The van der Waals surface area contributed by atoms with E-state index in [2.05, 4.69) is 38.5 Å². The molecule has 0 bridgehead atoms. The summed E-state index contributed by atoms with van der Waals surface area (Å²) in [5.41, 5.74) is 0.710. The van der Waals surface area contributed by atoms with Gasteiger partial charge in [-0.15, -0.1) is 11.6 Å². The van der Waals surface area contributed by atoms with E-state index < -0.39 is 0 Å². The molecule has 18 heavy (non-hydrogen) atoms. The minimum atomic E-state index is -0.0392. The molecule has 0 saturated carbocycles. The van der Waals surface area contributed by atoms with Gasteiger partial charge in [-0.1, -0.05) is 15.9 Å². The molecule has 1 unspecified atom stereocenters. The summed E-state index contributed by atoms with van der Waals surface area (Å²) in [7, 11) is 0. The van der Waals surface area contributed by atoms with Crippen LogP contribution in [0.15, 0.2) is 22.7 Å². The number of carbonyl (C=O) groups excluding carboxylic acids is 1. The fourth-order valence-electron chi connectivity index (χ4n) is 1.87. The zero-order chi connectivity index (χ0) is 13.1. The van der Waals surface area contributed by atoms with Gasteiger partial charge in [0.1, 0.15) is 0 Å². The first-order valence-corrected chi connectivity index (χ1v) is 7.94. The number of halogens is 3. The number of hydrogen-bond acceptors (Lipinski definition) is 2. The van der Waals surface area contributed by atoms with Gasteiger partial charge in [-0.05, 0) is 40.8 Å². The first kappa shape index (κ1) is 14.6. The molecule has 0 aromatic heterocycles. The topological polar surface area (TPSA) is 29.5 Å². The molecule has 1 fully saturated rings. The summed E-state index contributed by atoms with van der Waals surface area (Å²) in [5.74, 6) is 0.422. The molecule has 1 atom stereocenters. The van der Waals surface area contributed by atoms with E-state index in [4.69, 9.17) is 16.3 Å². The number of rotatable bonds is 2. The fourth-order valence-corrected chi connectivity index (χ4v) is 3.05. The molecule has 3 nitrogen and oxygen atoms in total. The van der Waals surface area contributed by atoms with Crippen molar-refractivity contribution in [3.8, 4) is 0 Å². The van der Waals surface area contributed by atoms with E-state index in [1.807, 2.05) is 18.2 Å². The highest BCUT2D eigenvalue weighted by Crippen LogP contribution is 2.22. The van der Waals surface area contributed by atoms with Crippen molar-refractivity contribution < 1.29 is 9.53 Å². The number of benzene rings is 1. The van der Waals surface area contributed by atoms with E-state index in [0.29, 0.717) is 31.2 Å². The van der Waals surface area contributed by atoms with Crippen LogP contribution in [-0.2, 0) is 4.74 Å². The molecule has 1 aromatic carbocycles. The second kappa shape index (κ2) is 6.54. The molecule has 2 rings (SSSR count). The van der Waals surface area contributed by atoms with Gasteiger partial charge in [-0.3, -0.25) is 4.79 Å². The van der Waals surface area contributed by atoms with Crippen LogP contribution in [-0.4, -0.2) is 42.5 Å². The Kier molecular flexibility index (Phi) is 5.29. The van der Waals surface area contributed by atoms with Crippen molar-refractivity contribution in [3.63, 3.8) is 0 Å². The second-order valence-electron chi connectivity index (χ2n) is 4.01. The molecule has 1 aliphatic heterocycles. The van der Waals surface area contributed by atoms with Crippen molar-refractivity contribution in [3.05, 3.63) is 31.8 Å². The first-order valence-electron chi connectivity index (χ1n) is 5.53. The average molecular weight is 444 g/mol. The third-order valence-electron chi connectivity index (χ3n) is 2.83. The molecule has 1 aliphatic rings. The third kappa shape index (κ3) is 3.18. The maximum absolute atomic E-state index is 12.5. The lowest BCUT2D eigenvalue weighted by Gasteiger charge is -2.34. The quantitative estimate of drug-likeness (QED) is 0.518. The smallest absolute Gasteiger partial charge is 0.255 e. The van der Waals surface area contributed by atoms with Gasteiger partial charge < -0.3 is 9.64 Å². The summed E-state index contributed by atoms with van der Waals surface area (Å²) >= 11 is 11.5. The van der Waals surface area contributed by atoms with Gasteiger partial charge in [-0.25, -0.2) is 0 Å². The number of ether oxygens (including phenoxy) is 1. The molecule has 1 saturated heterocycles. The van der Waals surface area contributed by atoms with Crippen LogP contribution in [0.1, 0.15) is 10.4 Å². The Morgan fingerprint density at radius 1 is 1.61 bits per heavy atom. The molecule has 0 N–H and O–H groups in total. The van der Waals surface area contributed by atoms with Gasteiger partial charge in [0.2, 0.25) is 0 Å². The Morgan fingerprint density at radius 2 is 2.39 bits per heavy atom. The summed E-state index contributed by atoms with van der Waals surface area (Å²) < 4.78 is 7.20. The van der Waals surface area contributed by atoms with Gasteiger partial charge in [-0.2, -0.15) is 0 Å². The summed E-state index contributed by atoms with van der Waals surface area (Å²) in [4.78, 5) is 14.3. The molecular formula is C12H12BrClINO2. The largest absolute Gasteiger partial charge is 0.377 e. The molecule has 1 heterocycles. The molecule has 1 amide bonds. The zero-order valence-corrected chi connectivity index (χ0v) is 14.0. The Hall–Kier alpha value is 0.150. The Bertz CT molecular complexity index is 458. The van der Waals surface area contributed by atoms with E-state index >= 15 is 0 Å². The van der Waals surface area contributed by atoms with E-state index in [-0.39, 0.29) is 11.9 Å². The van der Waals surface area contributed by atoms with Crippen molar-refractivity contribution in [1.29, 1.82) is 0 Å². The SMILES string of the molecule is O=C(c1cc(Br)ccc1I)N1CCOCC1CCl.